The Hall–Kier alpha value is -0.570. The molecule has 3 heteroatoms. The molecule has 0 rings (SSSR count). The summed E-state index contributed by atoms with van der Waals surface area (Å²) in [5, 5.41) is 9.35. The predicted octanol–water partition coefficient (Wildman–Crippen LogP) is 1.74. The van der Waals surface area contributed by atoms with Gasteiger partial charge in [-0.15, -0.1) is 0 Å². The number of carbonyl (C=O) groups is 1. The number of hydrogen-bond donors (Lipinski definition) is 1. The van der Waals surface area contributed by atoms with Gasteiger partial charge in [0.05, 0.1) is 11.5 Å². The highest BCUT2D eigenvalue weighted by Crippen LogP contribution is 2.25. The molecule has 0 aromatic carbocycles. The monoisotopic (exact) mass is 188 g/mol. The molecule has 0 radical (unpaired) electrons. The van der Waals surface area contributed by atoms with Crippen LogP contribution >= 0.6 is 0 Å². The smallest absolute Gasteiger partial charge is 0.314 e. The van der Waals surface area contributed by atoms with E-state index < -0.39 is 17.1 Å². The van der Waals surface area contributed by atoms with E-state index in [0.29, 0.717) is 0 Å². The van der Waals surface area contributed by atoms with Crippen LogP contribution < -0.4 is 0 Å². The second-order valence-electron chi connectivity index (χ2n) is 4.90. The molecule has 0 aromatic heterocycles. The van der Waals surface area contributed by atoms with E-state index in [2.05, 4.69) is 0 Å². The number of hydrogen-bond acceptors (Lipinski definition) is 3. The summed E-state index contributed by atoms with van der Waals surface area (Å²) in [6.07, 6.45) is -0.706. The van der Waals surface area contributed by atoms with Crippen molar-refractivity contribution in [3.8, 4) is 0 Å². The van der Waals surface area contributed by atoms with Crippen molar-refractivity contribution in [1.82, 2.24) is 0 Å². The van der Waals surface area contributed by atoms with Crippen LogP contribution in [0.1, 0.15) is 41.5 Å². The topological polar surface area (TPSA) is 46.5 Å². The van der Waals surface area contributed by atoms with Gasteiger partial charge in [-0.2, -0.15) is 0 Å². The van der Waals surface area contributed by atoms with Crippen LogP contribution in [0.3, 0.4) is 0 Å². The van der Waals surface area contributed by atoms with Crippen molar-refractivity contribution < 1.29 is 14.6 Å². The molecular formula is C10H20O3. The first-order valence-electron chi connectivity index (χ1n) is 4.49. The zero-order valence-electron chi connectivity index (χ0n) is 9.34. The molecule has 0 amide bonds. The lowest BCUT2D eigenvalue weighted by Crippen LogP contribution is -2.40. The minimum Gasteiger partial charge on any atom is -0.459 e. The third kappa shape index (κ3) is 3.77. The van der Waals surface area contributed by atoms with Crippen LogP contribution in [0, 0.1) is 5.41 Å². The highest BCUT2D eigenvalue weighted by atomic mass is 16.6. The first-order chi connectivity index (χ1) is 5.57. The standard InChI is InChI=1S/C10H20O3/c1-7(11)10(5,6)8(12)13-9(2,3)4/h7,11H,1-6H3. The third-order valence-corrected chi connectivity index (χ3v) is 1.97. The van der Waals surface area contributed by atoms with E-state index in [9.17, 15) is 9.90 Å². The highest BCUT2D eigenvalue weighted by Gasteiger charge is 2.36. The lowest BCUT2D eigenvalue weighted by molar-refractivity contribution is -0.171. The largest absolute Gasteiger partial charge is 0.459 e. The number of aliphatic hydroxyl groups is 1. The van der Waals surface area contributed by atoms with Gasteiger partial charge in [-0.25, -0.2) is 0 Å². The molecule has 1 N–H and O–H groups in total. The van der Waals surface area contributed by atoms with E-state index in [1.54, 1.807) is 20.8 Å². The van der Waals surface area contributed by atoms with Gasteiger partial charge >= 0.3 is 5.97 Å². The third-order valence-electron chi connectivity index (χ3n) is 1.97. The van der Waals surface area contributed by atoms with E-state index in [-0.39, 0.29) is 5.97 Å². The van der Waals surface area contributed by atoms with Crippen molar-refractivity contribution in [2.75, 3.05) is 0 Å². The summed E-state index contributed by atoms with van der Waals surface area (Å²) >= 11 is 0. The summed E-state index contributed by atoms with van der Waals surface area (Å²) in [5.74, 6) is -0.366. The Balaban J connectivity index is 4.44. The number of ether oxygens (including phenoxy) is 1. The van der Waals surface area contributed by atoms with Crippen molar-refractivity contribution in [3.05, 3.63) is 0 Å². The molecule has 0 saturated heterocycles. The molecular weight excluding hydrogens is 168 g/mol. The maximum Gasteiger partial charge on any atom is 0.314 e. The van der Waals surface area contributed by atoms with Crippen LogP contribution in [0.2, 0.25) is 0 Å². The molecule has 0 fully saturated rings. The molecule has 0 heterocycles. The number of esters is 1. The van der Waals surface area contributed by atoms with E-state index in [4.69, 9.17) is 4.74 Å². The second-order valence-corrected chi connectivity index (χ2v) is 4.90. The molecule has 0 spiro atoms. The van der Waals surface area contributed by atoms with Crippen LogP contribution in [0.4, 0.5) is 0 Å². The summed E-state index contributed by atoms with van der Waals surface area (Å²) in [6.45, 7) is 10.4. The Morgan fingerprint density at radius 1 is 1.23 bits per heavy atom. The average molecular weight is 188 g/mol. The molecule has 3 nitrogen and oxygen atoms in total. The van der Waals surface area contributed by atoms with Crippen molar-refractivity contribution >= 4 is 5.97 Å². The average Bonchev–Trinajstić information content (AvgIpc) is 1.82. The van der Waals surface area contributed by atoms with Gasteiger partial charge in [0.1, 0.15) is 5.60 Å². The molecule has 78 valence electrons. The summed E-state index contributed by atoms with van der Waals surface area (Å²) < 4.78 is 5.16. The van der Waals surface area contributed by atoms with Gasteiger partial charge in [0.2, 0.25) is 0 Å². The van der Waals surface area contributed by atoms with Gasteiger partial charge in [0, 0.05) is 0 Å². The number of rotatable bonds is 2. The van der Waals surface area contributed by atoms with Gasteiger partial charge in [0.15, 0.2) is 0 Å². The lowest BCUT2D eigenvalue weighted by atomic mass is 9.87. The molecule has 0 bridgehead atoms. The Morgan fingerprint density at radius 3 is 1.85 bits per heavy atom. The predicted molar refractivity (Wildman–Crippen MR) is 51.3 cm³/mol. The van der Waals surface area contributed by atoms with Crippen LogP contribution in [0.15, 0.2) is 0 Å². The first-order valence-corrected chi connectivity index (χ1v) is 4.49. The lowest BCUT2D eigenvalue weighted by Gasteiger charge is -2.30. The summed E-state index contributed by atoms with van der Waals surface area (Å²) in [6, 6.07) is 0. The molecule has 0 saturated carbocycles. The van der Waals surface area contributed by atoms with Crippen LogP contribution in [0.25, 0.3) is 0 Å². The van der Waals surface area contributed by atoms with Crippen LogP contribution in [0.5, 0.6) is 0 Å². The Bertz CT molecular complexity index is 187. The van der Waals surface area contributed by atoms with Crippen LogP contribution in [-0.4, -0.2) is 22.8 Å². The maximum atomic E-state index is 11.5. The van der Waals surface area contributed by atoms with Gasteiger partial charge < -0.3 is 9.84 Å². The Morgan fingerprint density at radius 2 is 1.62 bits per heavy atom. The van der Waals surface area contributed by atoms with E-state index in [1.807, 2.05) is 20.8 Å². The van der Waals surface area contributed by atoms with Crippen molar-refractivity contribution in [2.24, 2.45) is 5.41 Å². The summed E-state index contributed by atoms with van der Waals surface area (Å²) in [4.78, 5) is 11.5. The van der Waals surface area contributed by atoms with E-state index >= 15 is 0 Å². The van der Waals surface area contributed by atoms with Crippen molar-refractivity contribution in [1.29, 1.82) is 0 Å². The van der Waals surface area contributed by atoms with Crippen molar-refractivity contribution in [2.45, 2.75) is 53.2 Å². The SMILES string of the molecule is CC(O)C(C)(C)C(=O)OC(C)(C)C. The molecule has 0 aromatic rings. The van der Waals surface area contributed by atoms with E-state index in [1.165, 1.54) is 0 Å². The quantitative estimate of drug-likeness (QED) is 0.671. The number of carbonyl (C=O) groups excluding carboxylic acids is 1. The summed E-state index contributed by atoms with van der Waals surface area (Å²) in [7, 11) is 0. The molecule has 1 atom stereocenters. The molecule has 13 heavy (non-hydrogen) atoms. The fourth-order valence-corrected chi connectivity index (χ4v) is 0.580. The van der Waals surface area contributed by atoms with Gasteiger partial charge in [-0.05, 0) is 41.5 Å². The molecule has 0 aliphatic carbocycles. The minimum atomic E-state index is -0.840. The molecule has 0 aliphatic heterocycles. The Kier molecular flexibility index (Phi) is 3.50. The van der Waals surface area contributed by atoms with Gasteiger partial charge in [-0.1, -0.05) is 0 Å². The highest BCUT2D eigenvalue weighted by molar-refractivity contribution is 5.76. The van der Waals surface area contributed by atoms with Gasteiger partial charge in [-0.3, -0.25) is 4.79 Å². The minimum absolute atomic E-state index is 0.366. The van der Waals surface area contributed by atoms with E-state index in [0.717, 1.165) is 0 Å². The fraction of sp³-hybridized carbons (Fsp3) is 0.900. The molecule has 1 unspecified atom stereocenters. The fourth-order valence-electron chi connectivity index (χ4n) is 0.580. The second kappa shape index (κ2) is 3.66. The normalized spacial score (nSPS) is 15.3. The zero-order valence-corrected chi connectivity index (χ0v) is 9.34. The maximum absolute atomic E-state index is 11.5. The van der Waals surface area contributed by atoms with Crippen molar-refractivity contribution in [3.63, 3.8) is 0 Å². The Labute approximate surface area is 80.1 Å². The van der Waals surface area contributed by atoms with Crippen LogP contribution in [-0.2, 0) is 9.53 Å². The van der Waals surface area contributed by atoms with Gasteiger partial charge in [0.25, 0.3) is 0 Å². The first kappa shape index (κ1) is 12.4. The summed E-state index contributed by atoms with van der Waals surface area (Å²) in [5.41, 5.74) is -1.34. The molecule has 0 aliphatic rings. The zero-order chi connectivity index (χ0) is 10.9. The number of aliphatic hydroxyl groups excluding tert-OH is 1.